The molecule has 1 rings (SSSR count). The molecule has 0 aliphatic rings. The third kappa shape index (κ3) is 4.45. The second-order valence-corrected chi connectivity index (χ2v) is 6.58. The van der Waals surface area contributed by atoms with Gasteiger partial charge in [-0.3, -0.25) is 4.90 Å². The Kier molecular flexibility index (Phi) is 5.45. The van der Waals surface area contributed by atoms with Crippen molar-refractivity contribution in [2.24, 2.45) is 11.1 Å². The monoisotopic (exact) mass is 302 g/mol. The molecule has 1 aromatic rings. The number of likely N-dealkylation sites (N-methyl/N-ethyl adjacent to an activating group) is 1. The number of nitrogens with zero attached hydrogens (tertiary/aromatic N) is 1. The quantitative estimate of drug-likeness (QED) is 0.908. The highest BCUT2D eigenvalue weighted by atomic mass is 19.4. The van der Waals surface area contributed by atoms with E-state index in [1.807, 2.05) is 7.05 Å². The van der Waals surface area contributed by atoms with Gasteiger partial charge in [0.2, 0.25) is 0 Å². The molecule has 2 nitrogen and oxygen atoms in total. The van der Waals surface area contributed by atoms with Crippen LogP contribution in [-0.2, 0) is 6.18 Å². The minimum Gasteiger partial charge on any atom is -0.329 e. The van der Waals surface area contributed by atoms with Crippen molar-refractivity contribution >= 4 is 0 Å². The summed E-state index contributed by atoms with van der Waals surface area (Å²) in [5.41, 5.74) is 6.09. The van der Waals surface area contributed by atoms with Crippen molar-refractivity contribution in [3.05, 3.63) is 35.4 Å². The summed E-state index contributed by atoms with van der Waals surface area (Å²) in [6.45, 7) is 8.87. The van der Waals surface area contributed by atoms with Crippen LogP contribution in [0.3, 0.4) is 0 Å². The molecule has 2 unspecified atom stereocenters. The summed E-state index contributed by atoms with van der Waals surface area (Å²) in [4.78, 5) is 2.13. The number of nitrogens with two attached hydrogens (primary N) is 1. The zero-order valence-corrected chi connectivity index (χ0v) is 13.3. The van der Waals surface area contributed by atoms with Gasteiger partial charge in [0.15, 0.2) is 0 Å². The zero-order chi connectivity index (χ0) is 16.4. The van der Waals surface area contributed by atoms with Crippen LogP contribution in [0.1, 0.15) is 44.9 Å². The van der Waals surface area contributed by atoms with Gasteiger partial charge in [0.1, 0.15) is 0 Å². The van der Waals surface area contributed by atoms with Gasteiger partial charge in [-0.2, -0.15) is 13.2 Å². The Balaban J connectivity index is 3.00. The van der Waals surface area contributed by atoms with Gasteiger partial charge in [-0.1, -0.05) is 32.9 Å². The van der Waals surface area contributed by atoms with Crippen LogP contribution in [0.2, 0.25) is 0 Å². The molecule has 0 saturated carbocycles. The Morgan fingerprint density at radius 2 is 1.57 bits per heavy atom. The number of hydrogen-bond donors (Lipinski definition) is 1. The van der Waals surface area contributed by atoms with E-state index in [2.05, 4.69) is 32.6 Å². The highest BCUT2D eigenvalue weighted by Crippen LogP contribution is 2.32. The zero-order valence-electron chi connectivity index (χ0n) is 13.3. The fraction of sp³-hybridized carbons (Fsp3) is 0.625. The van der Waals surface area contributed by atoms with E-state index in [0.29, 0.717) is 6.54 Å². The Labute approximate surface area is 125 Å². The average Bonchev–Trinajstić information content (AvgIpc) is 2.37. The van der Waals surface area contributed by atoms with Gasteiger partial charge in [-0.15, -0.1) is 0 Å². The van der Waals surface area contributed by atoms with Crippen LogP contribution in [-0.4, -0.2) is 24.5 Å². The van der Waals surface area contributed by atoms with E-state index in [1.165, 1.54) is 12.1 Å². The molecule has 2 atom stereocenters. The molecule has 5 heteroatoms. The van der Waals surface area contributed by atoms with Gasteiger partial charge in [-0.25, -0.2) is 0 Å². The number of halogens is 3. The molecule has 0 saturated heterocycles. The molecular weight excluding hydrogens is 277 g/mol. The summed E-state index contributed by atoms with van der Waals surface area (Å²) >= 11 is 0. The molecule has 2 N–H and O–H groups in total. The lowest BCUT2D eigenvalue weighted by Crippen LogP contribution is -2.43. The number of benzene rings is 1. The number of hydrogen-bond acceptors (Lipinski definition) is 2. The summed E-state index contributed by atoms with van der Waals surface area (Å²) in [5, 5.41) is 0. The van der Waals surface area contributed by atoms with E-state index in [0.717, 1.165) is 17.7 Å². The first kappa shape index (κ1) is 18.0. The van der Waals surface area contributed by atoms with Gasteiger partial charge in [0, 0.05) is 18.6 Å². The van der Waals surface area contributed by atoms with E-state index in [-0.39, 0.29) is 17.5 Å². The van der Waals surface area contributed by atoms with Crippen LogP contribution < -0.4 is 5.73 Å². The van der Waals surface area contributed by atoms with E-state index in [1.54, 1.807) is 0 Å². The minimum absolute atomic E-state index is 0.0636. The molecule has 0 aromatic heterocycles. The maximum Gasteiger partial charge on any atom is 0.416 e. The summed E-state index contributed by atoms with van der Waals surface area (Å²) < 4.78 is 37.8. The second-order valence-electron chi connectivity index (χ2n) is 6.58. The smallest absolute Gasteiger partial charge is 0.329 e. The van der Waals surface area contributed by atoms with Crippen LogP contribution in [0.4, 0.5) is 13.2 Å². The van der Waals surface area contributed by atoms with E-state index in [9.17, 15) is 13.2 Å². The molecule has 0 aliphatic carbocycles. The highest BCUT2D eigenvalue weighted by molar-refractivity contribution is 5.27. The van der Waals surface area contributed by atoms with Crippen LogP contribution >= 0.6 is 0 Å². The van der Waals surface area contributed by atoms with E-state index in [4.69, 9.17) is 5.73 Å². The lowest BCUT2D eigenvalue weighted by molar-refractivity contribution is -0.137. The lowest BCUT2D eigenvalue weighted by atomic mass is 9.86. The lowest BCUT2D eigenvalue weighted by Gasteiger charge is -2.40. The first-order chi connectivity index (χ1) is 9.48. The SMILES string of the molecule is CC(N(C)C(CN)c1ccc(C(F)(F)F)cc1)C(C)(C)C. The Hall–Kier alpha value is -1.07. The standard InChI is InChI=1S/C16H25F3N2/c1-11(15(2,3)4)21(5)14(10-20)12-6-8-13(9-7-12)16(17,18)19/h6-9,11,14H,10,20H2,1-5H3. The number of rotatable bonds is 4. The summed E-state index contributed by atoms with van der Waals surface area (Å²) in [6.07, 6.45) is -4.30. The third-order valence-corrected chi connectivity index (χ3v) is 4.20. The van der Waals surface area contributed by atoms with Crippen molar-refractivity contribution in [1.29, 1.82) is 0 Å². The van der Waals surface area contributed by atoms with E-state index < -0.39 is 11.7 Å². The topological polar surface area (TPSA) is 29.3 Å². The van der Waals surface area contributed by atoms with Gasteiger partial charge in [0.05, 0.1) is 5.56 Å². The molecule has 0 aliphatic heterocycles. The highest BCUT2D eigenvalue weighted by Gasteiger charge is 2.32. The van der Waals surface area contributed by atoms with Crippen LogP contribution in [0.5, 0.6) is 0 Å². The largest absolute Gasteiger partial charge is 0.416 e. The van der Waals surface area contributed by atoms with E-state index >= 15 is 0 Å². The van der Waals surface area contributed by atoms with Crippen molar-refractivity contribution in [1.82, 2.24) is 4.90 Å². The predicted molar refractivity (Wildman–Crippen MR) is 79.9 cm³/mol. The van der Waals surface area contributed by atoms with Crippen molar-refractivity contribution in [3.8, 4) is 0 Å². The summed E-state index contributed by atoms with van der Waals surface area (Å²) in [7, 11) is 1.96. The second kappa shape index (κ2) is 6.36. The van der Waals surface area contributed by atoms with Gasteiger partial charge in [0.25, 0.3) is 0 Å². The van der Waals surface area contributed by atoms with Crippen molar-refractivity contribution in [3.63, 3.8) is 0 Å². The molecule has 21 heavy (non-hydrogen) atoms. The normalized spacial score (nSPS) is 16.1. The fourth-order valence-electron chi connectivity index (χ4n) is 2.31. The molecule has 0 fully saturated rings. The van der Waals surface area contributed by atoms with Crippen LogP contribution in [0.15, 0.2) is 24.3 Å². The van der Waals surface area contributed by atoms with Gasteiger partial charge in [-0.05, 0) is 37.1 Å². The first-order valence-corrected chi connectivity index (χ1v) is 7.07. The predicted octanol–water partition coefficient (Wildman–Crippen LogP) is 4.07. The van der Waals surface area contributed by atoms with Crippen LogP contribution in [0.25, 0.3) is 0 Å². The van der Waals surface area contributed by atoms with Crippen LogP contribution in [0, 0.1) is 5.41 Å². The Bertz CT molecular complexity index is 446. The Morgan fingerprint density at radius 3 is 1.90 bits per heavy atom. The summed E-state index contributed by atoms with van der Waals surface area (Å²) in [5.74, 6) is 0. The Morgan fingerprint density at radius 1 is 1.10 bits per heavy atom. The molecule has 0 spiro atoms. The summed E-state index contributed by atoms with van der Waals surface area (Å²) in [6, 6.07) is 5.43. The first-order valence-electron chi connectivity index (χ1n) is 7.07. The molecule has 0 radical (unpaired) electrons. The maximum absolute atomic E-state index is 12.6. The van der Waals surface area contributed by atoms with Gasteiger partial charge >= 0.3 is 6.18 Å². The third-order valence-electron chi connectivity index (χ3n) is 4.20. The van der Waals surface area contributed by atoms with Crippen molar-refractivity contribution in [2.45, 2.75) is 46.0 Å². The molecule has 1 aromatic carbocycles. The molecular formula is C16H25F3N2. The average molecular weight is 302 g/mol. The molecule has 0 heterocycles. The fourth-order valence-corrected chi connectivity index (χ4v) is 2.31. The van der Waals surface area contributed by atoms with Gasteiger partial charge < -0.3 is 5.73 Å². The molecule has 0 bridgehead atoms. The number of alkyl halides is 3. The van der Waals surface area contributed by atoms with Crippen molar-refractivity contribution in [2.75, 3.05) is 13.6 Å². The minimum atomic E-state index is -4.30. The van der Waals surface area contributed by atoms with Crippen molar-refractivity contribution < 1.29 is 13.2 Å². The molecule has 0 amide bonds. The molecule has 120 valence electrons. The maximum atomic E-state index is 12.6.